The number of alkyl carbamates (subject to hydrolysis) is 1. The normalized spacial score (nSPS) is 17.2. The van der Waals surface area contributed by atoms with E-state index in [4.69, 9.17) is 4.74 Å². The van der Waals surface area contributed by atoms with Crippen LogP contribution in [-0.4, -0.2) is 114 Å². The first-order valence-corrected chi connectivity index (χ1v) is 26.1. The average Bonchev–Trinajstić information content (AvgIpc) is 4.25. The molecule has 2 aliphatic heterocycles. The standard InChI is InChI=1S/C44H54N8O7.2C6H6.C3H8O/c1-6-59-42(58)48-24-35(55)52-16-8-10-33(52)41(57)50-29-18-27(20-46-22-29)37-31-12-14-43(2,3)38(31)36(30-11-13-44(4,5)39(30)37)26-17-28(21-45-19-26)49-40(56)32-9-7-15-51(32)34(54)23-47-25-53;2*1-2-4-6-5-3-1;1-3-4-2/h17-22,25,32-33H,6-16,23-24H2,1-5H3,(H,47,53)(H,48,58)(H,49,56)(H,50,57);2*1-6H;3H2,1-2H3. The number of hydrogen-bond acceptors (Lipinski definition) is 10. The number of rotatable bonds is 13. The monoisotopic (exact) mass is 1020 g/mol. The zero-order valence-corrected chi connectivity index (χ0v) is 44.6. The lowest BCUT2D eigenvalue weighted by Crippen LogP contribution is -2.47. The Balaban J connectivity index is 0.000000489. The molecular formula is C59H74N8O8. The first-order chi connectivity index (χ1) is 36.1. The van der Waals surface area contributed by atoms with Gasteiger partial charge in [-0.25, -0.2) is 4.79 Å². The van der Waals surface area contributed by atoms with Crippen molar-refractivity contribution in [2.24, 2.45) is 0 Å². The molecule has 16 nitrogen and oxygen atoms in total. The van der Waals surface area contributed by atoms with Crippen LogP contribution in [0.25, 0.3) is 22.3 Å². The van der Waals surface area contributed by atoms with Crippen molar-refractivity contribution < 1.29 is 38.2 Å². The summed E-state index contributed by atoms with van der Waals surface area (Å²) in [5.41, 5.74) is 9.80. The first kappa shape index (κ1) is 56.8. The van der Waals surface area contributed by atoms with Crippen molar-refractivity contribution in [3.8, 4) is 22.3 Å². The largest absolute Gasteiger partial charge is 0.450 e. The summed E-state index contributed by atoms with van der Waals surface area (Å²) in [6, 6.07) is 26.6. The van der Waals surface area contributed by atoms with E-state index in [9.17, 15) is 28.8 Å². The summed E-state index contributed by atoms with van der Waals surface area (Å²) in [7, 11) is 1.68. The molecule has 2 fully saturated rings. The Kier molecular flexibility index (Phi) is 20.6. The number of pyridine rings is 2. The van der Waals surface area contributed by atoms with Crippen LogP contribution < -0.4 is 21.3 Å². The van der Waals surface area contributed by atoms with Gasteiger partial charge in [-0.3, -0.25) is 33.9 Å². The Labute approximate surface area is 441 Å². The maximum atomic E-state index is 13.7. The number of amides is 6. The second-order valence-corrected chi connectivity index (χ2v) is 20.1. The van der Waals surface area contributed by atoms with E-state index in [2.05, 4.69) is 63.7 Å². The zero-order chi connectivity index (χ0) is 54.0. The highest BCUT2D eigenvalue weighted by molar-refractivity contribution is 6.00. The van der Waals surface area contributed by atoms with Gasteiger partial charge in [0.1, 0.15) is 18.6 Å². The van der Waals surface area contributed by atoms with Crippen molar-refractivity contribution in [1.29, 1.82) is 0 Å². The number of likely N-dealkylation sites (tertiary alicyclic amines) is 2. The van der Waals surface area contributed by atoms with Crippen molar-refractivity contribution >= 4 is 47.5 Å². The molecule has 0 saturated carbocycles. The SMILES string of the molecule is CCOC.CCOC(=O)NCC(=O)N1CCCC1C(=O)Nc1cncc(-c2c3c(c(-c4cncc(NC(=O)C5CCCN5C(=O)CNC=O)c4)c4c2C(C)(C)CC4)C(C)(C)CC3)c1.c1ccccc1.c1ccccc1. The van der Waals surface area contributed by atoms with E-state index in [0.29, 0.717) is 56.6 Å². The van der Waals surface area contributed by atoms with Crippen molar-refractivity contribution in [3.63, 3.8) is 0 Å². The minimum Gasteiger partial charge on any atom is -0.450 e. The average molecular weight is 1020 g/mol. The summed E-state index contributed by atoms with van der Waals surface area (Å²) >= 11 is 0. The highest BCUT2D eigenvalue weighted by atomic mass is 16.5. The van der Waals surface area contributed by atoms with Crippen LogP contribution in [0.2, 0.25) is 0 Å². The van der Waals surface area contributed by atoms with Crippen LogP contribution in [0.15, 0.2) is 110 Å². The Hall–Kier alpha value is -7.46. The van der Waals surface area contributed by atoms with Gasteiger partial charge >= 0.3 is 6.09 Å². The molecule has 4 aliphatic rings. The van der Waals surface area contributed by atoms with Crippen LogP contribution in [0.4, 0.5) is 16.2 Å². The molecule has 6 amide bonds. The smallest absolute Gasteiger partial charge is 0.407 e. The Bertz CT molecular complexity index is 2650. The quantitative estimate of drug-likeness (QED) is 0.0828. The number of fused-ring (bicyclic) bond motifs is 2. The number of carbonyl (C=O) groups is 6. The third kappa shape index (κ3) is 14.7. The van der Waals surface area contributed by atoms with Crippen LogP contribution in [0.3, 0.4) is 0 Å². The molecular weight excluding hydrogens is 949 g/mol. The van der Waals surface area contributed by atoms with Crippen molar-refractivity contribution in [2.45, 2.75) is 116 Å². The predicted octanol–water partition coefficient (Wildman–Crippen LogP) is 8.64. The molecule has 2 atom stereocenters. The fourth-order valence-corrected chi connectivity index (χ4v) is 10.5. The van der Waals surface area contributed by atoms with Gasteiger partial charge in [0.05, 0.1) is 36.9 Å². The Morgan fingerprint density at radius 3 is 1.40 bits per heavy atom. The summed E-state index contributed by atoms with van der Waals surface area (Å²) < 4.78 is 9.41. The van der Waals surface area contributed by atoms with E-state index in [1.54, 1.807) is 26.4 Å². The van der Waals surface area contributed by atoms with Gasteiger partial charge < -0.3 is 40.5 Å². The van der Waals surface area contributed by atoms with Gasteiger partial charge in [0.2, 0.25) is 30.0 Å². The third-order valence-corrected chi connectivity index (χ3v) is 14.0. The lowest BCUT2D eigenvalue weighted by atomic mass is 9.74. The number of carbonyl (C=O) groups excluding carboxylic acids is 6. The highest BCUT2D eigenvalue weighted by Crippen LogP contribution is 2.56. The molecule has 0 bridgehead atoms. The van der Waals surface area contributed by atoms with E-state index in [0.717, 1.165) is 54.5 Å². The van der Waals surface area contributed by atoms with E-state index < -0.39 is 18.2 Å². The fourth-order valence-electron chi connectivity index (χ4n) is 10.5. The fraction of sp³-hybridized carbons (Fsp3) is 0.424. The minimum atomic E-state index is -0.679. The minimum absolute atomic E-state index is 0.155. The van der Waals surface area contributed by atoms with Crippen LogP contribution in [-0.2, 0) is 57.1 Å². The lowest BCUT2D eigenvalue weighted by Gasteiger charge is -2.30. The van der Waals surface area contributed by atoms with Crippen molar-refractivity contribution in [3.05, 3.63) is 132 Å². The molecule has 16 heteroatoms. The maximum Gasteiger partial charge on any atom is 0.407 e. The Morgan fingerprint density at radius 1 is 0.627 bits per heavy atom. The molecule has 9 rings (SSSR count). The number of hydrogen-bond donors (Lipinski definition) is 4. The lowest BCUT2D eigenvalue weighted by molar-refractivity contribution is -0.136. The van der Waals surface area contributed by atoms with Gasteiger partial charge in [0, 0.05) is 50.3 Å². The number of aromatic nitrogens is 2. The van der Waals surface area contributed by atoms with E-state index in [-0.39, 0.29) is 54.2 Å². The Morgan fingerprint density at radius 2 is 1.03 bits per heavy atom. The van der Waals surface area contributed by atoms with Gasteiger partial charge in [-0.15, -0.1) is 0 Å². The maximum absolute atomic E-state index is 13.7. The van der Waals surface area contributed by atoms with Crippen LogP contribution in [0.5, 0.6) is 0 Å². The zero-order valence-electron chi connectivity index (χ0n) is 44.6. The summed E-state index contributed by atoms with van der Waals surface area (Å²) in [6.45, 7) is 14.2. The van der Waals surface area contributed by atoms with Crippen LogP contribution >= 0.6 is 0 Å². The molecule has 4 heterocycles. The van der Waals surface area contributed by atoms with E-state index >= 15 is 0 Å². The molecule has 2 aromatic heterocycles. The summed E-state index contributed by atoms with van der Waals surface area (Å²) in [5, 5.41) is 10.9. The topological polar surface area (TPSA) is 201 Å². The predicted molar refractivity (Wildman–Crippen MR) is 292 cm³/mol. The van der Waals surface area contributed by atoms with Gasteiger partial charge in [0.15, 0.2) is 0 Å². The molecule has 4 N–H and O–H groups in total. The molecule has 5 aromatic rings. The summed E-state index contributed by atoms with van der Waals surface area (Å²) in [5.74, 6) is -1.24. The number of ether oxygens (including phenoxy) is 2. The molecule has 75 heavy (non-hydrogen) atoms. The second-order valence-electron chi connectivity index (χ2n) is 20.1. The van der Waals surface area contributed by atoms with Gasteiger partial charge in [0.25, 0.3) is 0 Å². The van der Waals surface area contributed by atoms with Crippen molar-refractivity contribution in [2.75, 3.05) is 57.1 Å². The number of methoxy groups -OCH3 is 1. The van der Waals surface area contributed by atoms with Crippen molar-refractivity contribution in [1.82, 2.24) is 30.4 Å². The van der Waals surface area contributed by atoms with Gasteiger partial charge in [-0.1, -0.05) is 100 Å². The number of anilines is 2. The third-order valence-electron chi connectivity index (χ3n) is 14.0. The number of benzene rings is 3. The van der Waals surface area contributed by atoms with Crippen LogP contribution in [0.1, 0.15) is 102 Å². The van der Waals surface area contributed by atoms with E-state index in [1.807, 2.05) is 104 Å². The first-order valence-electron chi connectivity index (χ1n) is 26.1. The molecule has 3 aromatic carbocycles. The molecule has 2 unspecified atom stereocenters. The molecule has 2 aliphatic carbocycles. The molecule has 0 spiro atoms. The molecule has 2 saturated heterocycles. The highest BCUT2D eigenvalue weighted by Gasteiger charge is 2.44. The number of nitrogens with one attached hydrogen (secondary N) is 4. The summed E-state index contributed by atoms with van der Waals surface area (Å²) in [4.78, 5) is 88.0. The number of nitrogens with zero attached hydrogens (tertiary/aromatic N) is 4. The summed E-state index contributed by atoms with van der Waals surface area (Å²) in [6.07, 6.45) is 12.7. The van der Waals surface area contributed by atoms with E-state index in [1.165, 1.54) is 32.1 Å². The molecule has 398 valence electrons. The second kappa shape index (κ2) is 27.2. The van der Waals surface area contributed by atoms with Gasteiger partial charge in [-0.05, 0) is 122 Å². The molecule has 0 radical (unpaired) electrons. The van der Waals surface area contributed by atoms with Gasteiger partial charge in [-0.2, -0.15) is 0 Å². The van der Waals surface area contributed by atoms with Crippen LogP contribution in [0, 0.1) is 0 Å².